The van der Waals surface area contributed by atoms with E-state index in [-0.39, 0.29) is 37.7 Å². The summed E-state index contributed by atoms with van der Waals surface area (Å²) in [4.78, 5) is 0. The molecular weight excluding hydrogens is 373 g/mol. The maximum atomic E-state index is 8.75. The largest absolute Gasteiger partial charge is 0.563 e. The zero-order chi connectivity index (χ0) is 8.91. The van der Waals surface area contributed by atoms with Crippen LogP contribution in [0.4, 0.5) is 0 Å². The minimum absolute atomic E-state index is 0. The van der Waals surface area contributed by atoms with Crippen LogP contribution in [0, 0.1) is 37.7 Å². The molecule has 0 aromatic rings. The molecule has 0 saturated heterocycles. The fraction of sp³-hybridized carbons (Fsp3) is 0.750. The van der Waals surface area contributed by atoms with Gasteiger partial charge in [0.15, 0.2) is 0 Å². The molecule has 0 aliphatic carbocycles. The topological polar surface area (TPSA) is 49.7 Å². The summed E-state index contributed by atoms with van der Waals surface area (Å²) >= 11 is 0. The molecule has 0 saturated carbocycles. The third-order valence-corrected chi connectivity index (χ3v) is 1.28. The molecule has 0 heterocycles. The van der Waals surface area contributed by atoms with E-state index >= 15 is 0 Å². The predicted molar refractivity (Wildman–Crippen MR) is 38.4 cm³/mol. The van der Waals surface area contributed by atoms with Crippen molar-refractivity contribution in [1.82, 2.24) is 0 Å². The monoisotopic (exact) mass is 387 g/mol. The fourth-order valence-corrected chi connectivity index (χ4v) is 0.694. The van der Waals surface area contributed by atoms with Gasteiger partial charge in [0.25, 0.3) is 0 Å². The summed E-state index contributed by atoms with van der Waals surface area (Å²) in [6.07, 6.45) is -1.06. The molecule has 6 heteroatoms. The van der Waals surface area contributed by atoms with Gasteiger partial charge in [-0.2, -0.15) is 6.61 Å². The van der Waals surface area contributed by atoms with Crippen LogP contribution in [-0.2, 0) is 4.43 Å². The molecule has 2 atom stereocenters. The van der Waals surface area contributed by atoms with Crippen molar-refractivity contribution in [1.29, 1.82) is 2.57 Å². The van der Waals surface area contributed by atoms with Crippen LogP contribution in [0.5, 0.6) is 0 Å². The maximum Gasteiger partial charge on any atom is 0.129 e. The van der Waals surface area contributed by atoms with Crippen LogP contribution >= 0.6 is 0 Å². The molecule has 0 bridgehead atoms. The Morgan fingerprint density at radius 1 is 2.20 bits per heavy atom. The SMILES string of the molecule is [2H][Si](C)([B][3H])OCC(O)[CH-]O.[U]. The first kappa shape index (κ1) is 9.30. The van der Waals surface area contributed by atoms with Gasteiger partial charge in [0.2, 0.25) is 0 Å². The van der Waals surface area contributed by atoms with Crippen LogP contribution in [0.2, 0.25) is 6.55 Å². The Hall–Kier alpha value is 1.21. The van der Waals surface area contributed by atoms with E-state index < -0.39 is 14.9 Å². The second-order valence-electron chi connectivity index (χ2n) is 1.64. The van der Waals surface area contributed by atoms with Crippen molar-refractivity contribution in [3.63, 3.8) is 0 Å². The van der Waals surface area contributed by atoms with Crippen molar-refractivity contribution >= 4 is 16.2 Å². The summed E-state index contributed by atoms with van der Waals surface area (Å²) in [6.45, 7) is 1.97. The molecule has 0 aromatic heterocycles. The normalized spacial score (nSPS) is 21.1. The number of hydrogen-bond acceptors (Lipinski definition) is 3. The summed E-state index contributed by atoms with van der Waals surface area (Å²) < 4.78 is 18.9. The Morgan fingerprint density at radius 2 is 2.80 bits per heavy atom. The predicted octanol–water partition coefficient (Wildman–Crippen LogP) is -1.35. The van der Waals surface area contributed by atoms with Gasteiger partial charge in [0.05, 0.1) is 0 Å². The minimum Gasteiger partial charge on any atom is -0.563 e. The van der Waals surface area contributed by atoms with Crippen LogP contribution in [0.1, 0.15) is 0 Å². The van der Waals surface area contributed by atoms with E-state index in [1.54, 1.807) is 0 Å². The molecule has 1 radical (unpaired) electrons. The summed E-state index contributed by atoms with van der Waals surface area (Å²) in [5.41, 5.74) is 0. The smallest absolute Gasteiger partial charge is 0.129 e. The summed E-state index contributed by atoms with van der Waals surface area (Å²) in [5.74, 6) is 0. The second-order valence-corrected chi connectivity index (χ2v) is 3.15. The van der Waals surface area contributed by atoms with Crippen molar-refractivity contribution in [2.24, 2.45) is 0 Å². The van der Waals surface area contributed by atoms with Gasteiger partial charge in [0.1, 0.15) is 16.2 Å². The first-order valence-electron chi connectivity index (χ1n) is 3.62. The Labute approximate surface area is 90.2 Å². The maximum absolute atomic E-state index is 8.75. The third kappa shape index (κ3) is 9.21. The van der Waals surface area contributed by atoms with Gasteiger partial charge in [-0.25, -0.2) is 0 Å². The van der Waals surface area contributed by atoms with E-state index in [2.05, 4.69) is 0 Å². The summed E-state index contributed by atoms with van der Waals surface area (Å²) in [7, 11) is -1.81. The van der Waals surface area contributed by atoms with Gasteiger partial charge in [-0.15, -0.1) is 0 Å². The first-order chi connectivity index (χ1) is 5.02. The van der Waals surface area contributed by atoms with Gasteiger partial charge >= 0.3 is 0 Å². The van der Waals surface area contributed by atoms with E-state index in [0.717, 1.165) is 7.40 Å². The van der Waals surface area contributed by atoms with Crippen LogP contribution < -0.4 is 0 Å². The van der Waals surface area contributed by atoms with Gasteiger partial charge < -0.3 is 14.6 Å². The zero-order valence-electron chi connectivity index (χ0n) is 7.74. The van der Waals surface area contributed by atoms with Crippen LogP contribution in [-0.4, -0.2) is 41.7 Å². The van der Waals surface area contributed by atoms with Gasteiger partial charge in [-0.1, -0.05) is 6.55 Å². The molecule has 2 unspecified atom stereocenters. The summed E-state index contributed by atoms with van der Waals surface area (Å²) in [5, 5.41) is 17.0. The van der Waals surface area contributed by atoms with E-state index in [0.29, 0.717) is 6.61 Å². The average molecular weight is 387 g/mol. The van der Waals surface area contributed by atoms with Crippen LogP contribution in [0.15, 0.2) is 0 Å². The number of rotatable bonds is 5. The van der Waals surface area contributed by atoms with Crippen LogP contribution in [0.3, 0.4) is 0 Å². The standard InChI is InChI=1S/C4H11BO3Si.U/c1-9(5)8-3-4(7)2-6;/h2,4-7,9H,3H2,1H3;/q-1;/i5T,9D;. The Bertz CT molecular complexity index is 120. The van der Waals surface area contributed by atoms with E-state index in [9.17, 15) is 0 Å². The van der Waals surface area contributed by atoms with Crippen molar-refractivity contribution < 1.29 is 45.8 Å². The quantitative estimate of drug-likeness (QED) is 0.453. The first-order valence-corrected chi connectivity index (χ1v) is 4.53. The molecular formula is C4H11BO3SiU-. The molecule has 57 valence electrons. The van der Waals surface area contributed by atoms with Crippen molar-refractivity contribution in [3.05, 3.63) is 6.61 Å². The number of aliphatic hydroxyl groups excluding tert-OH is 2. The molecule has 0 fully saturated rings. The molecule has 0 spiro atoms. The van der Waals surface area contributed by atoms with Crippen LogP contribution in [0.25, 0.3) is 0 Å². The van der Waals surface area contributed by atoms with E-state index in [1.165, 1.54) is 6.55 Å². The second kappa shape index (κ2) is 8.31. The molecule has 0 aromatic carbocycles. The fourth-order valence-electron chi connectivity index (χ4n) is 0.260. The molecule has 0 amide bonds. The Balaban J connectivity index is 0. The molecule has 2 N–H and O–H groups in total. The number of hydrogen-bond donors (Lipinski definition) is 2. The molecule has 10 heavy (non-hydrogen) atoms. The minimum atomic E-state index is -2.76. The summed E-state index contributed by atoms with van der Waals surface area (Å²) in [6, 6.07) is 0. The van der Waals surface area contributed by atoms with Gasteiger partial charge in [0, 0.05) is 39.0 Å². The molecule has 0 rings (SSSR count). The average Bonchev–Trinajstić information content (AvgIpc) is 2.00. The Kier molecular flexibility index (Phi) is 7.73. The van der Waals surface area contributed by atoms with Gasteiger partial charge in [-0.05, 0) is 7.44 Å². The van der Waals surface area contributed by atoms with Gasteiger partial charge in [-0.3, -0.25) is 0 Å². The van der Waals surface area contributed by atoms with Crippen molar-refractivity contribution in [2.45, 2.75) is 12.7 Å². The van der Waals surface area contributed by atoms with E-state index in [4.69, 9.17) is 17.2 Å². The molecule has 0 aliphatic rings. The number of aliphatic hydroxyl groups is 2. The molecule has 0 aliphatic heterocycles. The third-order valence-electron chi connectivity index (χ3n) is 0.654. The van der Waals surface area contributed by atoms with Crippen molar-refractivity contribution in [3.8, 4) is 0 Å². The van der Waals surface area contributed by atoms with Crippen molar-refractivity contribution in [2.75, 3.05) is 6.61 Å². The van der Waals surface area contributed by atoms with E-state index in [1.807, 2.05) is 0 Å². The zero-order valence-corrected chi connectivity index (χ0v) is 10.9. The Morgan fingerprint density at radius 3 is 3.20 bits per heavy atom. The molecule has 3 nitrogen and oxygen atoms in total.